The van der Waals surface area contributed by atoms with Crippen LogP contribution in [0.2, 0.25) is 0 Å². The van der Waals surface area contributed by atoms with Gasteiger partial charge in [-0.3, -0.25) is 4.79 Å². The van der Waals surface area contributed by atoms with Gasteiger partial charge in [-0.15, -0.1) is 0 Å². The van der Waals surface area contributed by atoms with E-state index in [0.29, 0.717) is 5.41 Å². The van der Waals surface area contributed by atoms with E-state index in [2.05, 4.69) is 29.6 Å². The fourth-order valence-electron chi connectivity index (χ4n) is 3.77. The van der Waals surface area contributed by atoms with E-state index >= 15 is 0 Å². The lowest BCUT2D eigenvalue weighted by molar-refractivity contribution is -0.131. The van der Waals surface area contributed by atoms with Gasteiger partial charge in [0.2, 0.25) is 5.91 Å². The summed E-state index contributed by atoms with van der Waals surface area (Å²) in [6.45, 7) is 0. The average Bonchev–Trinajstić information content (AvgIpc) is 2.35. The predicted molar refractivity (Wildman–Crippen MR) is 81.6 cm³/mol. The number of benzene rings is 2. The van der Waals surface area contributed by atoms with Crippen LogP contribution in [0.5, 0.6) is 0 Å². The molecular formula is C18H19NO. The number of rotatable bonds is 2. The monoisotopic (exact) mass is 265 g/mol. The highest BCUT2D eigenvalue weighted by Gasteiger charge is 2.50. The first-order valence-electron chi connectivity index (χ1n) is 7.54. The van der Waals surface area contributed by atoms with Crippen molar-refractivity contribution in [3.05, 3.63) is 42.5 Å². The van der Waals surface area contributed by atoms with Crippen LogP contribution >= 0.6 is 0 Å². The second-order valence-electron chi connectivity index (χ2n) is 6.51. The smallest absolute Gasteiger partial charge is 0.227 e. The number of nitrogens with one attached hydrogen (secondary N) is 1. The number of hydrogen-bond acceptors (Lipinski definition) is 1. The molecule has 0 aromatic heterocycles. The van der Waals surface area contributed by atoms with Gasteiger partial charge in [-0.25, -0.2) is 0 Å². The Morgan fingerprint density at radius 3 is 2.50 bits per heavy atom. The lowest BCUT2D eigenvalue weighted by Gasteiger charge is -2.53. The van der Waals surface area contributed by atoms with Crippen molar-refractivity contribution >= 4 is 22.4 Å². The fraction of sp³-hybridized carbons (Fsp3) is 0.389. The molecule has 0 radical (unpaired) electrons. The first-order chi connectivity index (χ1) is 9.74. The Labute approximate surface area is 119 Å². The lowest BCUT2D eigenvalue weighted by Crippen LogP contribution is -2.47. The second kappa shape index (κ2) is 4.34. The summed E-state index contributed by atoms with van der Waals surface area (Å²) in [5, 5.41) is 5.47. The van der Waals surface area contributed by atoms with Crippen LogP contribution in [0.3, 0.4) is 0 Å². The van der Waals surface area contributed by atoms with E-state index < -0.39 is 0 Å². The van der Waals surface area contributed by atoms with E-state index in [9.17, 15) is 4.79 Å². The molecule has 0 aliphatic heterocycles. The largest absolute Gasteiger partial charge is 0.326 e. The maximum atomic E-state index is 12.2. The summed E-state index contributed by atoms with van der Waals surface area (Å²) in [5.41, 5.74) is 1.48. The number of amides is 1. The zero-order valence-electron chi connectivity index (χ0n) is 11.6. The number of carbonyl (C=O) groups excluding carboxylic acids is 1. The first kappa shape index (κ1) is 12.0. The molecule has 1 amide bonds. The van der Waals surface area contributed by atoms with Gasteiger partial charge in [0.25, 0.3) is 0 Å². The molecule has 2 nitrogen and oxygen atoms in total. The van der Waals surface area contributed by atoms with Gasteiger partial charge in [-0.05, 0) is 54.0 Å². The van der Waals surface area contributed by atoms with E-state index in [4.69, 9.17) is 0 Å². The molecule has 102 valence electrons. The summed E-state index contributed by atoms with van der Waals surface area (Å²) in [7, 11) is 0. The van der Waals surface area contributed by atoms with E-state index in [-0.39, 0.29) is 11.8 Å². The maximum Gasteiger partial charge on any atom is 0.227 e. The molecular weight excluding hydrogens is 246 g/mol. The Hall–Kier alpha value is -1.83. The minimum absolute atomic E-state index is 0.206. The molecule has 1 spiro atoms. The van der Waals surface area contributed by atoms with Crippen LogP contribution < -0.4 is 5.32 Å². The molecule has 2 aromatic carbocycles. The fourth-order valence-corrected chi connectivity index (χ4v) is 3.77. The van der Waals surface area contributed by atoms with Crippen LogP contribution in [-0.4, -0.2) is 5.91 Å². The number of carbonyl (C=O) groups is 1. The van der Waals surface area contributed by atoms with Crippen LogP contribution in [-0.2, 0) is 4.79 Å². The Balaban J connectivity index is 1.46. The van der Waals surface area contributed by atoms with Gasteiger partial charge in [-0.2, -0.15) is 0 Å². The summed E-state index contributed by atoms with van der Waals surface area (Å²) in [4.78, 5) is 12.2. The minimum Gasteiger partial charge on any atom is -0.326 e. The quantitative estimate of drug-likeness (QED) is 0.859. The van der Waals surface area contributed by atoms with Crippen LogP contribution in [0.15, 0.2) is 42.5 Å². The number of fused-ring (bicyclic) bond motifs is 1. The zero-order chi connectivity index (χ0) is 13.6. The Morgan fingerprint density at radius 2 is 1.80 bits per heavy atom. The molecule has 4 rings (SSSR count). The SMILES string of the molecule is O=C(Nc1ccc2ccccc2c1)C1CC2(CCC2)C1. The van der Waals surface area contributed by atoms with Crippen LogP contribution in [0.25, 0.3) is 10.8 Å². The van der Waals surface area contributed by atoms with Crippen LogP contribution in [0.4, 0.5) is 5.69 Å². The van der Waals surface area contributed by atoms with Crippen LogP contribution in [0.1, 0.15) is 32.1 Å². The average molecular weight is 265 g/mol. The molecule has 2 saturated carbocycles. The van der Waals surface area contributed by atoms with Gasteiger partial charge in [0.05, 0.1) is 0 Å². The van der Waals surface area contributed by atoms with Crippen molar-refractivity contribution < 1.29 is 4.79 Å². The summed E-state index contributed by atoms with van der Waals surface area (Å²) >= 11 is 0. The van der Waals surface area contributed by atoms with E-state index in [1.54, 1.807) is 0 Å². The van der Waals surface area contributed by atoms with Crippen molar-refractivity contribution in [3.8, 4) is 0 Å². The van der Waals surface area contributed by atoms with Gasteiger partial charge in [-0.1, -0.05) is 36.8 Å². The Bertz CT molecular complexity index is 664. The molecule has 0 unspecified atom stereocenters. The minimum atomic E-state index is 0.206. The molecule has 0 heterocycles. The van der Waals surface area contributed by atoms with Gasteiger partial charge < -0.3 is 5.32 Å². The van der Waals surface area contributed by atoms with Gasteiger partial charge in [0.15, 0.2) is 0 Å². The number of hydrogen-bond donors (Lipinski definition) is 1. The third-order valence-corrected chi connectivity index (χ3v) is 5.16. The standard InChI is InChI=1S/C18H19NO/c20-17(15-11-18(12-15)8-3-9-18)19-16-7-6-13-4-1-2-5-14(13)10-16/h1-2,4-7,10,15H,3,8-9,11-12H2,(H,19,20). The van der Waals surface area contributed by atoms with Crippen molar-refractivity contribution in [1.29, 1.82) is 0 Å². The van der Waals surface area contributed by atoms with Crippen LogP contribution in [0, 0.1) is 11.3 Å². The summed E-state index contributed by atoms with van der Waals surface area (Å²) < 4.78 is 0. The first-order valence-corrected chi connectivity index (χ1v) is 7.54. The van der Waals surface area contributed by atoms with Crippen molar-refractivity contribution in [2.75, 3.05) is 5.32 Å². The van der Waals surface area contributed by atoms with Gasteiger partial charge in [0, 0.05) is 11.6 Å². The lowest BCUT2D eigenvalue weighted by atomic mass is 9.51. The summed E-state index contributed by atoms with van der Waals surface area (Å²) in [5.74, 6) is 0.444. The van der Waals surface area contributed by atoms with E-state index in [1.807, 2.05) is 18.2 Å². The normalized spacial score (nSPS) is 20.4. The molecule has 0 bridgehead atoms. The van der Waals surface area contributed by atoms with Gasteiger partial charge in [0.1, 0.15) is 0 Å². The van der Waals surface area contributed by atoms with Crippen molar-refractivity contribution in [2.45, 2.75) is 32.1 Å². The highest BCUT2D eigenvalue weighted by molar-refractivity contribution is 5.96. The second-order valence-corrected chi connectivity index (χ2v) is 6.51. The molecule has 0 atom stereocenters. The maximum absolute atomic E-state index is 12.2. The topological polar surface area (TPSA) is 29.1 Å². The predicted octanol–water partition coefficient (Wildman–Crippen LogP) is 4.36. The van der Waals surface area contributed by atoms with Crippen molar-refractivity contribution in [1.82, 2.24) is 0 Å². The molecule has 2 aliphatic carbocycles. The third kappa shape index (κ3) is 1.91. The third-order valence-electron chi connectivity index (χ3n) is 5.16. The van der Waals surface area contributed by atoms with Gasteiger partial charge >= 0.3 is 0 Å². The molecule has 1 N–H and O–H groups in total. The zero-order valence-corrected chi connectivity index (χ0v) is 11.6. The Morgan fingerprint density at radius 1 is 1.05 bits per heavy atom. The highest BCUT2D eigenvalue weighted by atomic mass is 16.1. The summed E-state index contributed by atoms with van der Waals surface area (Å²) in [6.07, 6.45) is 6.25. The molecule has 0 saturated heterocycles. The highest BCUT2D eigenvalue weighted by Crippen LogP contribution is 2.58. The molecule has 2 aliphatic rings. The van der Waals surface area contributed by atoms with Crippen molar-refractivity contribution in [2.24, 2.45) is 11.3 Å². The number of anilines is 1. The molecule has 20 heavy (non-hydrogen) atoms. The molecule has 2 aromatic rings. The molecule has 2 heteroatoms. The van der Waals surface area contributed by atoms with E-state index in [1.165, 1.54) is 30.0 Å². The van der Waals surface area contributed by atoms with E-state index in [0.717, 1.165) is 18.5 Å². The Kier molecular flexibility index (Phi) is 2.59. The summed E-state index contributed by atoms with van der Waals surface area (Å²) in [6, 6.07) is 14.4. The van der Waals surface area contributed by atoms with Crippen molar-refractivity contribution in [3.63, 3.8) is 0 Å². The molecule has 2 fully saturated rings.